The van der Waals surface area contributed by atoms with Gasteiger partial charge in [-0.3, -0.25) is 4.79 Å². The summed E-state index contributed by atoms with van der Waals surface area (Å²) in [6, 6.07) is 8.96. The summed E-state index contributed by atoms with van der Waals surface area (Å²) in [6.45, 7) is 2.11. The Hall–Kier alpha value is -1.75. The van der Waals surface area contributed by atoms with E-state index < -0.39 is 0 Å². The summed E-state index contributed by atoms with van der Waals surface area (Å²) < 4.78 is 5.04. The lowest BCUT2D eigenvalue weighted by Crippen LogP contribution is -2.26. The molecule has 0 atom stereocenters. The maximum absolute atomic E-state index is 12.1. The van der Waals surface area contributed by atoms with Gasteiger partial charge < -0.3 is 10.1 Å². The number of benzene rings is 1. The first-order chi connectivity index (χ1) is 9.72. The number of amides is 1. The molecule has 5 heteroatoms. The second-order valence-corrected chi connectivity index (χ2v) is 5.41. The fourth-order valence-corrected chi connectivity index (χ4v) is 2.93. The van der Waals surface area contributed by atoms with Gasteiger partial charge in [-0.25, -0.2) is 4.79 Å². The molecule has 0 fully saturated rings. The van der Waals surface area contributed by atoms with Crippen LogP contribution in [0.15, 0.2) is 40.9 Å². The van der Waals surface area contributed by atoms with Crippen LogP contribution in [0.3, 0.4) is 0 Å². The molecule has 0 radical (unpaired) electrons. The molecule has 1 aromatic carbocycles. The first-order valence-electron chi connectivity index (χ1n) is 6.62. The Bertz CT molecular complexity index is 525. The van der Waals surface area contributed by atoms with Crippen LogP contribution in [0.5, 0.6) is 0 Å². The van der Waals surface area contributed by atoms with Crippen LogP contribution in [-0.4, -0.2) is 24.2 Å². The molecule has 1 N–H and O–H groups in total. The van der Waals surface area contributed by atoms with Gasteiger partial charge in [-0.1, -0.05) is 18.2 Å². The van der Waals surface area contributed by atoms with E-state index in [2.05, 4.69) is 5.32 Å². The fraction of sp³-hybridized carbons (Fsp3) is 0.333. The lowest BCUT2D eigenvalue weighted by atomic mass is 10.1. The third kappa shape index (κ3) is 3.63. The maximum Gasteiger partial charge on any atom is 0.336 e. The standard InChI is InChI=1S/C15H17NO3S/c1-2-19-15(18)12-9-6-10-20-14(12)16-13(17)11-7-4-3-5-8-11/h3-5,7-8H,2,6,9-10H2,1H3,(H,16,17). The van der Waals surface area contributed by atoms with E-state index in [-0.39, 0.29) is 11.9 Å². The molecule has 106 valence electrons. The molecule has 1 aromatic rings. The summed E-state index contributed by atoms with van der Waals surface area (Å²) >= 11 is 1.50. The van der Waals surface area contributed by atoms with Crippen LogP contribution in [0.25, 0.3) is 0 Å². The number of nitrogens with one attached hydrogen (secondary N) is 1. The van der Waals surface area contributed by atoms with Gasteiger partial charge >= 0.3 is 5.97 Å². The van der Waals surface area contributed by atoms with Crippen molar-refractivity contribution in [2.24, 2.45) is 0 Å². The number of carbonyl (C=O) groups is 2. The Morgan fingerprint density at radius 3 is 2.75 bits per heavy atom. The molecule has 0 saturated carbocycles. The van der Waals surface area contributed by atoms with Gasteiger partial charge in [0.2, 0.25) is 0 Å². The van der Waals surface area contributed by atoms with Gasteiger partial charge in [0, 0.05) is 5.56 Å². The highest BCUT2D eigenvalue weighted by molar-refractivity contribution is 8.03. The molecule has 1 amide bonds. The highest BCUT2D eigenvalue weighted by Gasteiger charge is 2.22. The van der Waals surface area contributed by atoms with E-state index in [1.54, 1.807) is 19.1 Å². The van der Waals surface area contributed by atoms with Crippen LogP contribution in [0.4, 0.5) is 0 Å². The molecule has 1 heterocycles. The first-order valence-corrected chi connectivity index (χ1v) is 7.60. The van der Waals surface area contributed by atoms with Crippen molar-refractivity contribution in [1.29, 1.82) is 0 Å². The summed E-state index contributed by atoms with van der Waals surface area (Å²) in [5.74, 6) is 0.368. The number of esters is 1. The van der Waals surface area contributed by atoms with Gasteiger partial charge in [-0.2, -0.15) is 0 Å². The average molecular weight is 291 g/mol. The van der Waals surface area contributed by atoms with Gasteiger partial charge in [0.15, 0.2) is 0 Å². The van der Waals surface area contributed by atoms with E-state index in [1.165, 1.54) is 11.8 Å². The number of hydrogen-bond donors (Lipinski definition) is 1. The molecule has 20 heavy (non-hydrogen) atoms. The van der Waals surface area contributed by atoms with Crippen LogP contribution in [0, 0.1) is 0 Å². The van der Waals surface area contributed by atoms with Gasteiger partial charge in [0.05, 0.1) is 17.2 Å². The fourth-order valence-electron chi connectivity index (χ4n) is 1.91. The second-order valence-electron chi connectivity index (χ2n) is 4.30. The molecule has 0 bridgehead atoms. The summed E-state index contributed by atoms with van der Waals surface area (Å²) in [6.07, 6.45) is 1.57. The lowest BCUT2D eigenvalue weighted by Gasteiger charge is -2.19. The summed E-state index contributed by atoms with van der Waals surface area (Å²) in [4.78, 5) is 24.0. The molecular formula is C15H17NO3S. The largest absolute Gasteiger partial charge is 0.463 e. The van der Waals surface area contributed by atoms with E-state index in [0.29, 0.717) is 29.2 Å². The smallest absolute Gasteiger partial charge is 0.336 e. The summed E-state index contributed by atoms with van der Waals surface area (Å²) in [7, 11) is 0. The van der Waals surface area contributed by atoms with E-state index in [0.717, 1.165) is 12.2 Å². The molecule has 0 spiro atoms. The van der Waals surface area contributed by atoms with E-state index >= 15 is 0 Å². The third-order valence-electron chi connectivity index (χ3n) is 2.88. The average Bonchev–Trinajstić information content (AvgIpc) is 2.49. The van der Waals surface area contributed by atoms with Crippen molar-refractivity contribution in [3.63, 3.8) is 0 Å². The van der Waals surface area contributed by atoms with Crippen molar-refractivity contribution >= 4 is 23.6 Å². The van der Waals surface area contributed by atoms with Gasteiger partial charge in [-0.05, 0) is 37.7 Å². The predicted octanol–water partition coefficient (Wildman–Crippen LogP) is 2.72. The van der Waals surface area contributed by atoms with Gasteiger partial charge in [-0.15, -0.1) is 11.8 Å². The first kappa shape index (κ1) is 14.7. The third-order valence-corrected chi connectivity index (χ3v) is 4.01. The van der Waals surface area contributed by atoms with E-state index in [9.17, 15) is 9.59 Å². The molecule has 2 rings (SSSR count). The van der Waals surface area contributed by atoms with Crippen LogP contribution >= 0.6 is 11.8 Å². The zero-order chi connectivity index (χ0) is 14.4. The van der Waals surface area contributed by atoms with Crippen LogP contribution in [0.1, 0.15) is 30.1 Å². The van der Waals surface area contributed by atoms with E-state index in [4.69, 9.17) is 4.74 Å². The van der Waals surface area contributed by atoms with Crippen molar-refractivity contribution in [2.75, 3.05) is 12.4 Å². The van der Waals surface area contributed by atoms with Gasteiger partial charge in [0.25, 0.3) is 5.91 Å². The highest BCUT2D eigenvalue weighted by Crippen LogP contribution is 2.29. The molecule has 1 aliphatic rings. The Morgan fingerprint density at radius 1 is 1.30 bits per heavy atom. The van der Waals surface area contributed by atoms with Crippen molar-refractivity contribution in [2.45, 2.75) is 19.8 Å². The topological polar surface area (TPSA) is 55.4 Å². The molecule has 0 aromatic heterocycles. The minimum absolute atomic E-state index is 0.197. The second kappa shape index (κ2) is 7.14. The Kier molecular flexibility index (Phi) is 5.24. The minimum Gasteiger partial charge on any atom is -0.463 e. The summed E-state index contributed by atoms with van der Waals surface area (Å²) in [5, 5.41) is 3.46. The molecule has 0 aliphatic carbocycles. The van der Waals surface area contributed by atoms with Crippen molar-refractivity contribution < 1.29 is 14.3 Å². The number of carbonyl (C=O) groups excluding carboxylic acids is 2. The highest BCUT2D eigenvalue weighted by atomic mass is 32.2. The number of hydrogen-bond acceptors (Lipinski definition) is 4. The molecule has 1 aliphatic heterocycles. The quantitative estimate of drug-likeness (QED) is 0.867. The molecule has 0 unspecified atom stereocenters. The Morgan fingerprint density at radius 2 is 2.05 bits per heavy atom. The molecule has 0 saturated heterocycles. The zero-order valence-corrected chi connectivity index (χ0v) is 12.2. The van der Waals surface area contributed by atoms with Crippen molar-refractivity contribution in [3.05, 3.63) is 46.5 Å². The molecule has 4 nitrogen and oxygen atoms in total. The number of rotatable bonds is 4. The van der Waals surface area contributed by atoms with Gasteiger partial charge in [0.1, 0.15) is 0 Å². The summed E-state index contributed by atoms with van der Waals surface area (Å²) in [5.41, 5.74) is 1.15. The minimum atomic E-state index is -0.330. The monoisotopic (exact) mass is 291 g/mol. The predicted molar refractivity (Wildman–Crippen MR) is 79.3 cm³/mol. The zero-order valence-electron chi connectivity index (χ0n) is 11.3. The normalized spacial score (nSPS) is 14.8. The van der Waals surface area contributed by atoms with E-state index in [1.807, 2.05) is 18.2 Å². The number of ether oxygens (including phenoxy) is 1. The lowest BCUT2D eigenvalue weighted by molar-refractivity contribution is -0.138. The Balaban J connectivity index is 2.16. The SMILES string of the molecule is CCOC(=O)C1=C(NC(=O)c2ccccc2)SCCC1. The van der Waals surface area contributed by atoms with Crippen LogP contribution in [-0.2, 0) is 9.53 Å². The molecular weight excluding hydrogens is 274 g/mol. The Labute approximate surface area is 122 Å². The maximum atomic E-state index is 12.1. The van der Waals surface area contributed by atoms with Crippen molar-refractivity contribution in [1.82, 2.24) is 5.32 Å². The van der Waals surface area contributed by atoms with Crippen LogP contribution in [0.2, 0.25) is 0 Å². The van der Waals surface area contributed by atoms with Crippen molar-refractivity contribution in [3.8, 4) is 0 Å². The number of thioether (sulfide) groups is 1. The van der Waals surface area contributed by atoms with Crippen LogP contribution < -0.4 is 5.32 Å².